The quantitative estimate of drug-likeness (QED) is 0.831. The highest BCUT2D eigenvalue weighted by Gasteiger charge is 2.14. The van der Waals surface area contributed by atoms with Gasteiger partial charge in [0.05, 0.1) is 6.61 Å². The largest absolute Gasteiger partial charge is 0.394 e. The summed E-state index contributed by atoms with van der Waals surface area (Å²) in [6.07, 6.45) is 0. The fourth-order valence-electron chi connectivity index (χ4n) is 2.38. The zero-order chi connectivity index (χ0) is 15.2. The summed E-state index contributed by atoms with van der Waals surface area (Å²) in [6.45, 7) is 7.06. The minimum absolute atomic E-state index is 0.0484. The maximum absolute atomic E-state index is 11.9. The Kier molecular flexibility index (Phi) is 5.73. The molecule has 0 aliphatic carbocycles. The van der Waals surface area contributed by atoms with Crippen LogP contribution in [0.15, 0.2) is 24.3 Å². The summed E-state index contributed by atoms with van der Waals surface area (Å²) < 4.78 is 0. The molecule has 1 aromatic rings. The van der Waals surface area contributed by atoms with E-state index in [2.05, 4.69) is 22.2 Å². The third-order valence-corrected chi connectivity index (χ3v) is 3.87. The summed E-state index contributed by atoms with van der Waals surface area (Å²) in [4.78, 5) is 16.7. The first-order valence-corrected chi connectivity index (χ1v) is 7.50. The number of likely N-dealkylation sites (N-methyl/N-ethyl adjacent to an activating group) is 1. The van der Waals surface area contributed by atoms with Crippen LogP contribution in [0.25, 0.3) is 0 Å². The van der Waals surface area contributed by atoms with Crippen molar-refractivity contribution in [3.8, 4) is 0 Å². The van der Waals surface area contributed by atoms with Gasteiger partial charge in [0.15, 0.2) is 0 Å². The molecule has 0 saturated carbocycles. The predicted octanol–water partition coefficient (Wildman–Crippen LogP) is 0.545. The zero-order valence-corrected chi connectivity index (χ0v) is 12.9. The van der Waals surface area contributed by atoms with E-state index in [9.17, 15) is 4.79 Å². The molecule has 0 radical (unpaired) electrons. The van der Waals surface area contributed by atoms with Gasteiger partial charge in [-0.1, -0.05) is 12.1 Å². The molecule has 0 spiro atoms. The van der Waals surface area contributed by atoms with Crippen LogP contribution in [0.2, 0.25) is 0 Å². The number of nitrogens with zero attached hydrogens (tertiary/aromatic N) is 2. The molecule has 1 aliphatic heterocycles. The fraction of sp³-hybridized carbons (Fsp3) is 0.562. The number of nitrogens with one attached hydrogen (secondary N) is 1. The molecule has 1 amide bonds. The summed E-state index contributed by atoms with van der Waals surface area (Å²) in [5.41, 5.74) is 1.86. The van der Waals surface area contributed by atoms with E-state index in [0.717, 1.165) is 32.7 Å². The van der Waals surface area contributed by atoms with E-state index in [-0.39, 0.29) is 18.6 Å². The van der Waals surface area contributed by atoms with Gasteiger partial charge in [-0.25, -0.2) is 0 Å². The third kappa shape index (κ3) is 4.81. The highest BCUT2D eigenvalue weighted by molar-refractivity contribution is 5.94. The number of amides is 1. The Morgan fingerprint density at radius 1 is 1.24 bits per heavy atom. The summed E-state index contributed by atoms with van der Waals surface area (Å²) in [7, 11) is 2.15. The lowest BCUT2D eigenvalue weighted by Gasteiger charge is -2.32. The summed E-state index contributed by atoms with van der Waals surface area (Å²) in [6, 6.07) is 7.51. The van der Waals surface area contributed by atoms with Gasteiger partial charge in [0.1, 0.15) is 0 Å². The Morgan fingerprint density at radius 3 is 2.43 bits per heavy atom. The fourth-order valence-corrected chi connectivity index (χ4v) is 2.38. The maximum atomic E-state index is 11.9. The van der Waals surface area contributed by atoms with Crippen LogP contribution in [0.3, 0.4) is 0 Å². The van der Waals surface area contributed by atoms with Gasteiger partial charge in [-0.05, 0) is 31.7 Å². The maximum Gasteiger partial charge on any atom is 0.251 e. The molecular weight excluding hydrogens is 266 g/mol. The van der Waals surface area contributed by atoms with Gasteiger partial charge in [0, 0.05) is 44.3 Å². The molecule has 2 N–H and O–H groups in total. The number of rotatable bonds is 5. The molecule has 1 aromatic carbocycles. The van der Waals surface area contributed by atoms with Crippen molar-refractivity contribution >= 4 is 5.91 Å². The van der Waals surface area contributed by atoms with Crippen LogP contribution in [-0.4, -0.2) is 66.7 Å². The second-order valence-electron chi connectivity index (χ2n) is 5.83. The van der Waals surface area contributed by atoms with Crippen LogP contribution in [0.1, 0.15) is 22.8 Å². The van der Waals surface area contributed by atoms with Gasteiger partial charge < -0.3 is 15.3 Å². The molecule has 0 bridgehead atoms. The molecule has 0 aromatic heterocycles. The number of hydrogen-bond acceptors (Lipinski definition) is 4. The van der Waals surface area contributed by atoms with Crippen LogP contribution in [0.4, 0.5) is 0 Å². The van der Waals surface area contributed by atoms with E-state index in [1.54, 1.807) is 6.92 Å². The minimum Gasteiger partial charge on any atom is -0.394 e. The molecule has 1 aliphatic rings. The van der Waals surface area contributed by atoms with Crippen molar-refractivity contribution in [1.29, 1.82) is 0 Å². The van der Waals surface area contributed by atoms with Crippen molar-refractivity contribution in [3.63, 3.8) is 0 Å². The van der Waals surface area contributed by atoms with Gasteiger partial charge in [-0.2, -0.15) is 0 Å². The Hall–Kier alpha value is -1.43. The Bertz CT molecular complexity index is 453. The van der Waals surface area contributed by atoms with E-state index < -0.39 is 0 Å². The van der Waals surface area contributed by atoms with Crippen molar-refractivity contribution in [2.24, 2.45) is 0 Å². The van der Waals surface area contributed by atoms with Crippen LogP contribution in [0.5, 0.6) is 0 Å². The molecule has 1 saturated heterocycles. The van der Waals surface area contributed by atoms with Gasteiger partial charge in [-0.3, -0.25) is 9.69 Å². The SMILES string of the molecule is CC(CO)NC(=O)c1ccc(CN2CCN(C)CC2)cc1. The highest BCUT2D eigenvalue weighted by Crippen LogP contribution is 2.10. The van der Waals surface area contributed by atoms with Crippen LogP contribution in [0, 0.1) is 0 Å². The summed E-state index contributed by atoms with van der Waals surface area (Å²) in [5, 5.41) is 11.7. The van der Waals surface area contributed by atoms with Crippen LogP contribution >= 0.6 is 0 Å². The molecule has 1 fully saturated rings. The lowest BCUT2D eigenvalue weighted by Crippen LogP contribution is -2.43. The van der Waals surface area contributed by atoms with E-state index in [1.165, 1.54) is 5.56 Å². The molecule has 1 atom stereocenters. The first-order valence-electron chi connectivity index (χ1n) is 7.50. The second-order valence-corrected chi connectivity index (χ2v) is 5.83. The molecule has 5 heteroatoms. The number of benzene rings is 1. The standard InChI is InChI=1S/C16H25N3O2/c1-13(12-20)17-16(21)15-5-3-14(4-6-15)11-19-9-7-18(2)8-10-19/h3-6,13,20H,7-12H2,1-2H3,(H,17,21). The van der Waals surface area contributed by atoms with Gasteiger partial charge in [-0.15, -0.1) is 0 Å². The van der Waals surface area contributed by atoms with Gasteiger partial charge in [0.25, 0.3) is 5.91 Å². The Labute approximate surface area is 126 Å². The predicted molar refractivity (Wildman–Crippen MR) is 83.2 cm³/mol. The van der Waals surface area contributed by atoms with Crippen LogP contribution in [-0.2, 0) is 6.54 Å². The van der Waals surface area contributed by atoms with Crippen molar-refractivity contribution in [1.82, 2.24) is 15.1 Å². The first kappa shape index (κ1) is 15.9. The number of aliphatic hydroxyl groups is 1. The van der Waals surface area contributed by atoms with Gasteiger partial charge in [0.2, 0.25) is 0 Å². The first-order chi connectivity index (χ1) is 10.1. The number of hydrogen-bond donors (Lipinski definition) is 2. The normalized spacial score (nSPS) is 18.4. The van der Waals surface area contributed by atoms with E-state index in [4.69, 9.17) is 5.11 Å². The molecule has 5 nitrogen and oxygen atoms in total. The van der Waals surface area contributed by atoms with E-state index in [1.807, 2.05) is 24.3 Å². The lowest BCUT2D eigenvalue weighted by molar-refractivity contribution is 0.0922. The van der Waals surface area contributed by atoms with Crippen molar-refractivity contribution in [3.05, 3.63) is 35.4 Å². The zero-order valence-electron chi connectivity index (χ0n) is 12.9. The monoisotopic (exact) mass is 291 g/mol. The molecule has 21 heavy (non-hydrogen) atoms. The average molecular weight is 291 g/mol. The Morgan fingerprint density at radius 2 is 1.86 bits per heavy atom. The summed E-state index contributed by atoms with van der Waals surface area (Å²) in [5.74, 6) is -0.136. The molecule has 116 valence electrons. The number of carbonyl (C=O) groups is 1. The Balaban J connectivity index is 1.88. The topological polar surface area (TPSA) is 55.8 Å². The smallest absolute Gasteiger partial charge is 0.251 e. The van der Waals surface area contributed by atoms with E-state index in [0.29, 0.717) is 5.56 Å². The molecule has 1 unspecified atom stereocenters. The average Bonchev–Trinajstić information content (AvgIpc) is 2.50. The number of piperazine rings is 1. The summed E-state index contributed by atoms with van der Waals surface area (Å²) >= 11 is 0. The molecule has 2 rings (SSSR count). The third-order valence-electron chi connectivity index (χ3n) is 3.87. The van der Waals surface area contributed by atoms with Crippen LogP contribution < -0.4 is 5.32 Å². The lowest BCUT2D eigenvalue weighted by atomic mass is 10.1. The minimum atomic E-state index is -0.220. The van der Waals surface area contributed by atoms with Crippen molar-refractivity contribution in [2.75, 3.05) is 39.8 Å². The number of aliphatic hydroxyl groups excluding tert-OH is 1. The number of carbonyl (C=O) groups excluding carboxylic acids is 1. The molecule has 1 heterocycles. The molecular formula is C16H25N3O2. The highest BCUT2D eigenvalue weighted by atomic mass is 16.3. The van der Waals surface area contributed by atoms with E-state index >= 15 is 0 Å². The van der Waals surface area contributed by atoms with Crippen molar-refractivity contribution in [2.45, 2.75) is 19.5 Å². The van der Waals surface area contributed by atoms with Gasteiger partial charge >= 0.3 is 0 Å². The second kappa shape index (κ2) is 7.54. The van der Waals surface area contributed by atoms with Crippen molar-refractivity contribution < 1.29 is 9.90 Å².